The molecule has 0 aromatic rings. The maximum atomic E-state index is 10.1. The summed E-state index contributed by atoms with van der Waals surface area (Å²) in [7, 11) is 0. The predicted octanol–water partition coefficient (Wildman–Crippen LogP) is 5.31. The standard InChI is InChI=1S/C26H42O3/c1-17(7-5-8-18(2)27)22-12-13-23-21(9-6-14-26(22,23)4)11-10-20-15-24(28)19(3)25(29)16-20/h10-11,17-18,22-25,27-29H,3,5-9,12-16H2,1-2,4H3/b20-10?,21-11+/t17?,18?,22-,23?,24?,25?,26?/m1/s1. The number of hydrogen-bond acceptors (Lipinski definition) is 3. The van der Waals surface area contributed by atoms with Gasteiger partial charge in [-0.15, -0.1) is 0 Å². The zero-order valence-corrected chi connectivity index (χ0v) is 18.7. The lowest BCUT2D eigenvalue weighted by atomic mass is 9.60. The van der Waals surface area contributed by atoms with Crippen LogP contribution in [0.5, 0.6) is 0 Å². The Balaban J connectivity index is 1.68. The molecule has 7 atom stereocenters. The van der Waals surface area contributed by atoms with Gasteiger partial charge in [-0.3, -0.25) is 0 Å². The molecule has 3 fully saturated rings. The van der Waals surface area contributed by atoms with Gasteiger partial charge in [0.05, 0.1) is 18.3 Å². The normalized spacial score (nSPS) is 38.8. The number of aliphatic hydroxyl groups excluding tert-OH is 3. The van der Waals surface area contributed by atoms with Crippen molar-refractivity contribution in [3.63, 3.8) is 0 Å². The third kappa shape index (κ3) is 5.06. The zero-order chi connectivity index (χ0) is 21.2. The summed E-state index contributed by atoms with van der Waals surface area (Å²) >= 11 is 0. The molecule has 3 rings (SSSR count). The minimum Gasteiger partial charge on any atom is -0.393 e. The number of allylic oxidation sites excluding steroid dienone is 3. The Morgan fingerprint density at radius 1 is 1.10 bits per heavy atom. The Bertz CT molecular complexity index is 630. The van der Waals surface area contributed by atoms with Gasteiger partial charge in [0.2, 0.25) is 0 Å². The fourth-order valence-electron chi connectivity index (χ4n) is 6.58. The summed E-state index contributed by atoms with van der Waals surface area (Å²) in [5, 5.41) is 29.8. The van der Waals surface area contributed by atoms with Crippen molar-refractivity contribution in [1.82, 2.24) is 0 Å². The van der Waals surface area contributed by atoms with E-state index < -0.39 is 12.2 Å². The van der Waals surface area contributed by atoms with Crippen LogP contribution in [0.1, 0.15) is 85.0 Å². The molecular weight excluding hydrogens is 360 g/mol. The Labute approximate surface area is 177 Å². The molecule has 0 heterocycles. The molecule has 3 saturated carbocycles. The van der Waals surface area contributed by atoms with Gasteiger partial charge in [0.1, 0.15) is 0 Å². The molecule has 0 radical (unpaired) electrons. The highest BCUT2D eigenvalue weighted by Gasteiger charge is 2.50. The van der Waals surface area contributed by atoms with Crippen molar-refractivity contribution in [2.45, 2.75) is 103 Å². The molecular formula is C26H42O3. The van der Waals surface area contributed by atoms with Gasteiger partial charge in [0, 0.05) is 0 Å². The summed E-state index contributed by atoms with van der Waals surface area (Å²) in [6.45, 7) is 10.7. The van der Waals surface area contributed by atoms with Crippen LogP contribution in [0.25, 0.3) is 0 Å². The van der Waals surface area contributed by atoms with Gasteiger partial charge >= 0.3 is 0 Å². The highest BCUT2D eigenvalue weighted by atomic mass is 16.3. The molecule has 3 heteroatoms. The van der Waals surface area contributed by atoms with Gasteiger partial charge in [-0.1, -0.05) is 56.6 Å². The lowest BCUT2D eigenvalue weighted by molar-refractivity contribution is 0.0907. The third-order valence-corrected chi connectivity index (χ3v) is 8.31. The molecule has 0 saturated heterocycles. The molecule has 3 aliphatic carbocycles. The number of aliphatic hydroxyl groups is 3. The van der Waals surface area contributed by atoms with Crippen molar-refractivity contribution in [2.24, 2.45) is 23.2 Å². The maximum absolute atomic E-state index is 10.1. The largest absolute Gasteiger partial charge is 0.393 e. The molecule has 6 unspecified atom stereocenters. The van der Waals surface area contributed by atoms with Crippen molar-refractivity contribution in [2.75, 3.05) is 0 Å². The molecule has 0 aromatic heterocycles. The van der Waals surface area contributed by atoms with Gasteiger partial charge in [-0.25, -0.2) is 0 Å². The first kappa shape index (κ1) is 22.8. The summed E-state index contributed by atoms with van der Waals surface area (Å²) in [5.41, 5.74) is 3.67. The van der Waals surface area contributed by atoms with Crippen LogP contribution >= 0.6 is 0 Å². The van der Waals surface area contributed by atoms with E-state index in [2.05, 4.69) is 32.6 Å². The van der Waals surface area contributed by atoms with Crippen LogP contribution in [0.15, 0.2) is 35.5 Å². The molecule has 0 bridgehead atoms. The summed E-state index contributed by atoms with van der Waals surface area (Å²) in [5.74, 6) is 2.17. The van der Waals surface area contributed by atoms with E-state index in [0.717, 1.165) is 30.3 Å². The Hall–Kier alpha value is -0.900. The quantitative estimate of drug-likeness (QED) is 0.527. The monoisotopic (exact) mass is 402 g/mol. The van der Waals surface area contributed by atoms with E-state index in [1.54, 1.807) is 5.57 Å². The SMILES string of the molecule is C=C1C(O)CC(=C/C=C2\CCCC3(C)C2CC[C@@H]3C(C)CCCC(C)O)CC1O. The van der Waals surface area contributed by atoms with E-state index in [1.807, 2.05) is 6.92 Å². The fourth-order valence-corrected chi connectivity index (χ4v) is 6.58. The number of hydrogen-bond donors (Lipinski definition) is 3. The van der Waals surface area contributed by atoms with E-state index in [9.17, 15) is 15.3 Å². The van der Waals surface area contributed by atoms with E-state index in [0.29, 0.717) is 29.7 Å². The molecule has 29 heavy (non-hydrogen) atoms. The van der Waals surface area contributed by atoms with Crippen molar-refractivity contribution >= 4 is 0 Å². The van der Waals surface area contributed by atoms with Crippen LogP contribution in [0.3, 0.4) is 0 Å². The average Bonchev–Trinajstić information content (AvgIpc) is 3.01. The van der Waals surface area contributed by atoms with Crippen LogP contribution in [-0.4, -0.2) is 33.6 Å². The lowest BCUT2D eigenvalue weighted by Crippen LogP contribution is -2.36. The van der Waals surface area contributed by atoms with Crippen molar-refractivity contribution in [3.05, 3.63) is 35.5 Å². The highest BCUT2D eigenvalue weighted by molar-refractivity contribution is 5.29. The second-order valence-corrected chi connectivity index (χ2v) is 10.4. The number of rotatable bonds is 6. The van der Waals surface area contributed by atoms with Gasteiger partial charge in [-0.2, -0.15) is 0 Å². The van der Waals surface area contributed by atoms with Gasteiger partial charge in [0.15, 0.2) is 0 Å². The summed E-state index contributed by atoms with van der Waals surface area (Å²) in [4.78, 5) is 0. The van der Waals surface area contributed by atoms with Crippen LogP contribution in [0.4, 0.5) is 0 Å². The molecule has 3 nitrogen and oxygen atoms in total. The summed E-state index contributed by atoms with van der Waals surface area (Å²) in [6.07, 6.45) is 14.0. The predicted molar refractivity (Wildman–Crippen MR) is 119 cm³/mol. The maximum Gasteiger partial charge on any atom is 0.0809 e. The zero-order valence-electron chi connectivity index (χ0n) is 18.7. The Morgan fingerprint density at radius 2 is 1.79 bits per heavy atom. The lowest BCUT2D eigenvalue weighted by Gasteiger charge is -2.44. The second-order valence-electron chi connectivity index (χ2n) is 10.4. The minimum absolute atomic E-state index is 0.180. The van der Waals surface area contributed by atoms with Crippen LogP contribution in [0.2, 0.25) is 0 Å². The topological polar surface area (TPSA) is 60.7 Å². The first-order chi connectivity index (χ1) is 13.7. The minimum atomic E-state index is -0.613. The van der Waals surface area contributed by atoms with Gasteiger partial charge in [-0.05, 0) is 87.0 Å². The summed E-state index contributed by atoms with van der Waals surface area (Å²) in [6, 6.07) is 0. The molecule has 3 N–H and O–H groups in total. The van der Waals surface area contributed by atoms with Crippen LogP contribution < -0.4 is 0 Å². The van der Waals surface area contributed by atoms with Crippen LogP contribution in [-0.2, 0) is 0 Å². The van der Waals surface area contributed by atoms with Crippen LogP contribution in [0, 0.1) is 23.2 Å². The first-order valence-corrected chi connectivity index (χ1v) is 11.8. The van der Waals surface area contributed by atoms with Crippen molar-refractivity contribution in [1.29, 1.82) is 0 Å². The van der Waals surface area contributed by atoms with E-state index in [1.165, 1.54) is 38.5 Å². The first-order valence-electron chi connectivity index (χ1n) is 11.8. The molecule has 0 amide bonds. The van der Waals surface area contributed by atoms with Gasteiger partial charge < -0.3 is 15.3 Å². The van der Waals surface area contributed by atoms with Gasteiger partial charge in [0.25, 0.3) is 0 Å². The van der Waals surface area contributed by atoms with E-state index >= 15 is 0 Å². The average molecular weight is 403 g/mol. The molecule has 0 spiro atoms. The third-order valence-electron chi connectivity index (χ3n) is 8.31. The Morgan fingerprint density at radius 3 is 2.45 bits per heavy atom. The molecule has 0 aromatic carbocycles. The fraction of sp³-hybridized carbons (Fsp3) is 0.769. The highest BCUT2D eigenvalue weighted by Crippen LogP contribution is 2.59. The summed E-state index contributed by atoms with van der Waals surface area (Å²) < 4.78 is 0. The van der Waals surface area contributed by atoms with Crippen molar-refractivity contribution in [3.8, 4) is 0 Å². The number of fused-ring (bicyclic) bond motifs is 1. The van der Waals surface area contributed by atoms with E-state index in [-0.39, 0.29) is 6.10 Å². The smallest absolute Gasteiger partial charge is 0.0809 e. The van der Waals surface area contributed by atoms with Crippen molar-refractivity contribution < 1.29 is 15.3 Å². The molecule has 164 valence electrons. The molecule has 3 aliphatic rings. The van der Waals surface area contributed by atoms with E-state index in [4.69, 9.17) is 0 Å². The molecule has 0 aliphatic heterocycles. The second kappa shape index (κ2) is 9.49. The Kier molecular flexibility index (Phi) is 7.46.